The minimum Gasteiger partial charge on any atom is -0.357 e. The van der Waals surface area contributed by atoms with E-state index in [0.717, 1.165) is 23.5 Å². The number of fused-ring (bicyclic) bond motifs is 4. The lowest BCUT2D eigenvalue weighted by atomic mass is 9.78. The molecular weight excluding hydrogens is 368 g/mol. The molecule has 4 aromatic rings. The first kappa shape index (κ1) is 18.0. The highest BCUT2D eigenvalue weighted by Crippen LogP contribution is 2.45. The van der Waals surface area contributed by atoms with Crippen LogP contribution in [0.15, 0.2) is 60.8 Å². The van der Waals surface area contributed by atoms with Crippen LogP contribution < -0.4 is 5.32 Å². The SMILES string of the molecule is c1ccc(-c2c[nH]c([C@H]3Cc4c([nH]c5ccccc45)C4(CCCCCC4)N3)n2)cc1. The number of aromatic nitrogens is 3. The van der Waals surface area contributed by atoms with Crippen molar-refractivity contribution in [2.24, 2.45) is 0 Å². The highest BCUT2D eigenvalue weighted by atomic mass is 15.1. The van der Waals surface area contributed by atoms with Gasteiger partial charge in [0, 0.05) is 28.4 Å². The molecule has 1 aliphatic carbocycles. The summed E-state index contributed by atoms with van der Waals surface area (Å²) in [4.78, 5) is 12.3. The first-order valence-corrected chi connectivity index (χ1v) is 11.3. The zero-order valence-corrected chi connectivity index (χ0v) is 17.2. The Hall–Kier alpha value is -2.85. The number of para-hydroxylation sites is 1. The molecule has 3 N–H and O–H groups in total. The van der Waals surface area contributed by atoms with E-state index >= 15 is 0 Å². The third-order valence-corrected chi connectivity index (χ3v) is 7.11. The summed E-state index contributed by atoms with van der Waals surface area (Å²) in [5.41, 5.74) is 6.37. The fraction of sp³-hybridized carbons (Fsp3) is 0.346. The summed E-state index contributed by atoms with van der Waals surface area (Å²) in [7, 11) is 0. The predicted octanol–water partition coefficient (Wildman–Crippen LogP) is 5.99. The summed E-state index contributed by atoms with van der Waals surface area (Å²) in [5.74, 6) is 1.05. The molecule has 4 nitrogen and oxygen atoms in total. The van der Waals surface area contributed by atoms with Crippen molar-refractivity contribution in [1.82, 2.24) is 20.3 Å². The average Bonchev–Trinajstić information content (AvgIpc) is 3.36. The number of nitrogens with one attached hydrogen (secondary N) is 3. The van der Waals surface area contributed by atoms with E-state index in [4.69, 9.17) is 4.98 Å². The molecule has 1 spiro atoms. The second kappa shape index (κ2) is 7.13. The molecule has 6 rings (SSSR count). The zero-order chi connectivity index (χ0) is 20.0. The summed E-state index contributed by atoms with van der Waals surface area (Å²) in [6.45, 7) is 0. The molecule has 0 bridgehead atoms. The number of nitrogens with zero attached hydrogens (tertiary/aromatic N) is 1. The van der Waals surface area contributed by atoms with E-state index in [2.05, 4.69) is 70.0 Å². The van der Waals surface area contributed by atoms with E-state index in [-0.39, 0.29) is 11.6 Å². The van der Waals surface area contributed by atoms with Crippen LogP contribution in [-0.4, -0.2) is 15.0 Å². The summed E-state index contributed by atoms with van der Waals surface area (Å²) in [5, 5.41) is 5.45. The van der Waals surface area contributed by atoms with Crippen LogP contribution in [0.5, 0.6) is 0 Å². The molecule has 1 aliphatic heterocycles. The topological polar surface area (TPSA) is 56.5 Å². The summed E-state index contributed by atoms with van der Waals surface area (Å²) in [6.07, 6.45) is 10.6. The number of imidazole rings is 1. The molecule has 1 atom stereocenters. The van der Waals surface area contributed by atoms with Crippen LogP contribution in [0.4, 0.5) is 0 Å². The molecule has 0 radical (unpaired) electrons. The van der Waals surface area contributed by atoms with Crippen molar-refractivity contribution >= 4 is 10.9 Å². The van der Waals surface area contributed by atoms with Gasteiger partial charge in [-0.15, -0.1) is 0 Å². The standard InChI is InChI=1S/C26H28N4/c1-2-9-15-26(14-8-1)24-20(19-12-6-7-13-21(19)28-24)16-22(30-26)25-27-17-23(29-25)18-10-4-3-5-11-18/h3-7,10-13,17,22,28,30H,1-2,8-9,14-16H2,(H,27,29)/t22-/m1/s1. The van der Waals surface area contributed by atoms with Crippen molar-refractivity contribution in [3.05, 3.63) is 77.9 Å². The molecule has 2 aliphatic rings. The lowest BCUT2D eigenvalue weighted by Crippen LogP contribution is -2.49. The quantitative estimate of drug-likeness (QED) is 0.389. The van der Waals surface area contributed by atoms with Crippen molar-refractivity contribution in [3.8, 4) is 11.3 Å². The number of hydrogen-bond donors (Lipinski definition) is 3. The van der Waals surface area contributed by atoms with Gasteiger partial charge < -0.3 is 9.97 Å². The molecule has 1 fully saturated rings. The fourth-order valence-electron chi connectivity index (χ4n) is 5.64. The van der Waals surface area contributed by atoms with E-state index in [0.29, 0.717) is 0 Å². The number of benzene rings is 2. The van der Waals surface area contributed by atoms with Crippen LogP contribution in [-0.2, 0) is 12.0 Å². The second-order valence-corrected chi connectivity index (χ2v) is 8.96. The van der Waals surface area contributed by atoms with Gasteiger partial charge in [-0.1, -0.05) is 74.2 Å². The third kappa shape index (κ3) is 2.90. The molecule has 4 heteroatoms. The van der Waals surface area contributed by atoms with Crippen LogP contribution in [0.25, 0.3) is 22.2 Å². The summed E-state index contributed by atoms with van der Waals surface area (Å²) < 4.78 is 0. The monoisotopic (exact) mass is 396 g/mol. The van der Waals surface area contributed by atoms with Gasteiger partial charge in [-0.2, -0.15) is 0 Å². The molecule has 30 heavy (non-hydrogen) atoms. The molecule has 0 amide bonds. The zero-order valence-electron chi connectivity index (χ0n) is 17.2. The van der Waals surface area contributed by atoms with Crippen LogP contribution in [0.1, 0.15) is 61.6 Å². The maximum atomic E-state index is 5.01. The van der Waals surface area contributed by atoms with Gasteiger partial charge >= 0.3 is 0 Å². The number of aromatic amines is 2. The number of hydrogen-bond acceptors (Lipinski definition) is 2. The van der Waals surface area contributed by atoms with Gasteiger partial charge in [0.2, 0.25) is 0 Å². The maximum absolute atomic E-state index is 5.01. The Balaban J connectivity index is 1.44. The largest absolute Gasteiger partial charge is 0.357 e. The third-order valence-electron chi connectivity index (χ3n) is 7.11. The van der Waals surface area contributed by atoms with E-state index in [1.165, 1.54) is 60.7 Å². The van der Waals surface area contributed by atoms with Gasteiger partial charge in [0.15, 0.2) is 0 Å². The molecular formula is C26H28N4. The van der Waals surface area contributed by atoms with E-state index in [1.807, 2.05) is 6.07 Å². The first-order valence-electron chi connectivity index (χ1n) is 11.3. The van der Waals surface area contributed by atoms with Crippen LogP contribution in [0.3, 0.4) is 0 Å². The van der Waals surface area contributed by atoms with E-state index in [1.54, 1.807) is 0 Å². The normalized spacial score (nSPS) is 20.9. The minimum absolute atomic E-state index is 0.0213. The predicted molar refractivity (Wildman–Crippen MR) is 121 cm³/mol. The van der Waals surface area contributed by atoms with Crippen LogP contribution in [0.2, 0.25) is 0 Å². The van der Waals surface area contributed by atoms with Crippen molar-refractivity contribution in [2.75, 3.05) is 0 Å². The Labute approximate surface area is 177 Å². The molecule has 1 saturated carbocycles. The van der Waals surface area contributed by atoms with Crippen molar-refractivity contribution in [1.29, 1.82) is 0 Å². The Morgan fingerprint density at radius 1 is 0.867 bits per heavy atom. The maximum Gasteiger partial charge on any atom is 0.124 e. The van der Waals surface area contributed by atoms with Gasteiger partial charge in [-0.25, -0.2) is 4.98 Å². The number of H-pyrrole nitrogens is 2. The molecule has 3 heterocycles. The van der Waals surface area contributed by atoms with Gasteiger partial charge in [0.05, 0.1) is 17.3 Å². The lowest BCUT2D eigenvalue weighted by Gasteiger charge is -2.41. The highest BCUT2D eigenvalue weighted by molar-refractivity contribution is 5.85. The Morgan fingerprint density at radius 3 is 2.47 bits per heavy atom. The second-order valence-electron chi connectivity index (χ2n) is 8.96. The first-order chi connectivity index (χ1) is 14.8. The average molecular weight is 397 g/mol. The van der Waals surface area contributed by atoms with E-state index < -0.39 is 0 Å². The molecule has 0 saturated heterocycles. The minimum atomic E-state index is 0.0213. The summed E-state index contributed by atoms with van der Waals surface area (Å²) >= 11 is 0. The Kier molecular flexibility index (Phi) is 4.27. The Bertz CT molecular complexity index is 1160. The smallest absolute Gasteiger partial charge is 0.124 e. The van der Waals surface area contributed by atoms with Gasteiger partial charge in [-0.05, 0) is 30.9 Å². The Morgan fingerprint density at radius 2 is 1.63 bits per heavy atom. The molecule has 0 unspecified atom stereocenters. The summed E-state index contributed by atoms with van der Waals surface area (Å²) in [6, 6.07) is 19.4. The van der Waals surface area contributed by atoms with Crippen molar-refractivity contribution in [3.63, 3.8) is 0 Å². The highest BCUT2D eigenvalue weighted by Gasteiger charge is 2.43. The van der Waals surface area contributed by atoms with Gasteiger partial charge in [-0.3, -0.25) is 5.32 Å². The van der Waals surface area contributed by atoms with Gasteiger partial charge in [0.1, 0.15) is 5.82 Å². The fourth-order valence-corrected chi connectivity index (χ4v) is 5.64. The number of rotatable bonds is 2. The van der Waals surface area contributed by atoms with Crippen molar-refractivity contribution < 1.29 is 0 Å². The lowest BCUT2D eigenvalue weighted by molar-refractivity contribution is 0.224. The molecule has 2 aromatic heterocycles. The van der Waals surface area contributed by atoms with Crippen LogP contribution in [0, 0.1) is 0 Å². The van der Waals surface area contributed by atoms with Gasteiger partial charge in [0.25, 0.3) is 0 Å². The van der Waals surface area contributed by atoms with Crippen LogP contribution >= 0.6 is 0 Å². The van der Waals surface area contributed by atoms with Crippen molar-refractivity contribution in [2.45, 2.75) is 56.5 Å². The van der Waals surface area contributed by atoms with E-state index in [9.17, 15) is 0 Å². The molecule has 2 aromatic carbocycles. The molecule has 152 valence electrons.